The summed E-state index contributed by atoms with van der Waals surface area (Å²) in [6.07, 6.45) is 1.81. The van der Waals surface area contributed by atoms with Gasteiger partial charge in [0.25, 0.3) is 0 Å². The Balaban J connectivity index is 2.95. The molecule has 0 aliphatic carbocycles. The molecule has 1 amide bonds. The molecule has 0 radical (unpaired) electrons. The number of amides is 1. The predicted octanol–water partition coefficient (Wildman–Crippen LogP) is 2.62. The van der Waals surface area contributed by atoms with Crippen molar-refractivity contribution in [1.29, 1.82) is 0 Å². The van der Waals surface area contributed by atoms with Crippen LogP contribution in [0.2, 0.25) is 0 Å². The Bertz CT molecular complexity index is 380. The van der Waals surface area contributed by atoms with Gasteiger partial charge in [0.05, 0.1) is 5.41 Å². The van der Waals surface area contributed by atoms with Crippen LogP contribution in [0.1, 0.15) is 51.8 Å². The first-order chi connectivity index (χ1) is 7.89. The topological polar surface area (TPSA) is 42.0 Å². The lowest BCUT2D eigenvalue weighted by molar-refractivity contribution is -0.125. The average Bonchev–Trinajstić information content (AvgIpc) is 2.29. The van der Waals surface area contributed by atoms with E-state index in [1.807, 2.05) is 39.1 Å². The average molecular weight is 234 g/mol. The maximum absolute atomic E-state index is 11.9. The van der Waals surface area contributed by atoms with Crippen LogP contribution in [0.15, 0.2) is 18.3 Å². The molecule has 0 atom stereocenters. The minimum Gasteiger partial charge on any atom is -0.356 e. The van der Waals surface area contributed by atoms with E-state index in [0.29, 0.717) is 12.5 Å². The third-order valence-corrected chi connectivity index (χ3v) is 3.00. The summed E-state index contributed by atoms with van der Waals surface area (Å²) in [4.78, 5) is 16.4. The van der Waals surface area contributed by atoms with Crippen molar-refractivity contribution in [1.82, 2.24) is 10.3 Å². The van der Waals surface area contributed by atoms with Crippen LogP contribution in [-0.2, 0) is 10.2 Å². The number of rotatable bonds is 4. The van der Waals surface area contributed by atoms with Gasteiger partial charge in [-0.3, -0.25) is 9.78 Å². The van der Waals surface area contributed by atoms with E-state index >= 15 is 0 Å². The monoisotopic (exact) mass is 234 g/mol. The molecule has 0 spiro atoms. The van der Waals surface area contributed by atoms with Gasteiger partial charge >= 0.3 is 0 Å². The highest BCUT2D eigenvalue weighted by Gasteiger charge is 2.29. The molecule has 1 aromatic heterocycles. The Hall–Kier alpha value is -1.38. The maximum Gasteiger partial charge on any atom is 0.230 e. The Kier molecular flexibility index (Phi) is 4.27. The second-order valence-electron chi connectivity index (χ2n) is 5.11. The summed E-state index contributed by atoms with van der Waals surface area (Å²) < 4.78 is 0. The molecule has 1 rings (SSSR count). The molecule has 0 saturated heterocycles. The molecular formula is C14H22N2O. The molecule has 0 bridgehead atoms. The summed E-state index contributed by atoms with van der Waals surface area (Å²) in [6.45, 7) is 10.6. The highest BCUT2D eigenvalue weighted by atomic mass is 16.2. The Labute approximate surface area is 104 Å². The SMILES string of the molecule is CCNC(=O)C(C)(C)c1ccc(C(C)C)nc1. The standard InChI is InChI=1S/C14H22N2O/c1-6-15-13(17)14(4,5)11-7-8-12(10(2)3)16-9-11/h7-10H,6H2,1-5H3,(H,15,17). The summed E-state index contributed by atoms with van der Waals surface area (Å²) in [5.74, 6) is 0.454. The van der Waals surface area contributed by atoms with Crippen LogP contribution in [0.3, 0.4) is 0 Å². The molecule has 17 heavy (non-hydrogen) atoms. The second kappa shape index (κ2) is 5.30. The number of likely N-dealkylation sites (N-methyl/N-ethyl adjacent to an activating group) is 1. The van der Waals surface area contributed by atoms with E-state index in [1.54, 1.807) is 0 Å². The molecule has 94 valence electrons. The van der Waals surface area contributed by atoms with E-state index in [0.717, 1.165) is 11.3 Å². The van der Waals surface area contributed by atoms with Gasteiger partial charge in [-0.25, -0.2) is 0 Å². The first kappa shape index (κ1) is 13.7. The third-order valence-electron chi connectivity index (χ3n) is 3.00. The van der Waals surface area contributed by atoms with Crippen molar-refractivity contribution in [2.45, 2.75) is 46.0 Å². The molecule has 3 nitrogen and oxygen atoms in total. The van der Waals surface area contributed by atoms with Gasteiger partial charge in [-0.1, -0.05) is 19.9 Å². The molecule has 0 aromatic carbocycles. The lowest BCUT2D eigenvalue weighted by Gasteiger charge is -2.23. The van der Waals surface area contributed by atoms with Crippen LogP contribution in [0, 0.1) is 0 Å². The molecule has 1 heterocycles. The first-order valence-electron chi connectivity index (χ1n) is 6.14. The van der Waals surface area contributed by atoms with Crippen molar-refractivity contribution >= 4 is 5.91 Å². The van der Waals surface area contributed by atoms with Crippen LogP contribution >= 0.6 is 0 Å². The summed E-state index contributed by atoms with van der Waals surface area (Å²) in [5.41, 5.74) is 1.48. The van der Waals surface area contributed by atoms with E-state index < -0.39 is 5.41 Å². The predicted molar refractivity (Wildman–Crippen MR) is 70.0 cm³/mol. The van der Waals surface area contributed by atoms with Gasteiger partial charge in [0.1, 0.15) is 0 Å². The molecule has 3 heteroatoms. The molecule has 1 aromatic rings. The summed E-state index contributed by atoms with van der Waals surface area (Å²) in [6, 6.07) is 4.00. The van der Waals surface area contributed by atoms with Crippen molar-refractivity contribution < 1.29 is 4.79 Å². The van der Waals surface area contributed by atoms with Crippen LogP contribution < -0.4 is 5.32 Å². The van der Waals surface area contributed by atoms with Gasteiger partial charge in [-0.2, -0.15) is 0 Å². The number of nitrogens with one attached hydrogen (secondary N) is 1. The van der Waals surface area contributed by atoms with Gasteiger partial charge in [0.15, 0.2) is 0 Å². The zero-order valence-electron chi connectivity index (χ0n) is 11.4. The van der Waals surface area contributed by atoms with E-state index in [-0.39, 0.29) is 5.91 Å². The van der Waals surface area contributed by atoms with Crippen LogP contribution in [-0.4, -0.2) is 17.4 Å². The normalized spacial score (nSPS) is 11.6. The number of hydrogen-bond donors (Lipinski definition) is 1. The van der Waals surface area contributed by atoms with E-state index in [2.05, 4.69) is 24.1 Å². The van der Waals surface area contributed by atoms with Gasteiger partial charge in [-0.05, 0) is 38.3 Å². The number of nitrogens with zero attached hydrogens (tertiary/aromatic N) is 1. The summed E-state index contributed by atoms with van der Waals surface area (Å²) in [5, 5.41) is 2.85. The molecule has 0 unspecified atom stereocenters. The lowest BCUT2D eigenvalue weighted by atomic mass is 9.84. The fraction of sp³-hybridized carbons (Fsp3) is 0.571. The van der Waals surface area contributed by atoms with Crippen molar-refractivity contribution in [3.05, 3.63) is 29.6 Å². The fourth-order valence-electron chi connectivity index (χ4n) is 1.63. The van der Waals surface area contributed by atoms with Crippen molar-refractivity contribution in [2.24, 2.45) is 0 Å². The number of pyridine rings is 1. The smallest absolute Gasteiger partial charge is 0.230 e. The maximum atomic E-state index is 11.9. The third kappa shape index (κ3) is 3.05. The van der Waals surface area contributed by atoms with E-state index in [9.17, 15) is 4.79 Å². The van der Waals surface area contributed by atoms with Crippen molar-refractivity contribution in [3.8, 4) is 0 Å². The number of aromatic nitrogens is 1. The van der Waals surface area contributed by atoms with Crippen LogP contribution in [0.4, 0.5) is 0 Å². The second-order valence-corrected chi connectivity index (χ2v) is 5.11. The number of carbonyl (C=O) groups is 1. The molecule has 0 saturated carbocycles. The van der Waals surface area contributed by atoms with Gasteiger partial charge in [0.2, 0.25) is 5.91 Å². The molecule has 0 aliphatic rings. The Morgan fingerprint density at radius 3 is 2.47 bits per heavy atom. The minimum absolute atomic E-state index is 0.0408. The van der Waals surface area contributed by atoms with Crippen LogP contribution in [0.25, 0.3) is 0 Å². The van der Waals surface area contributed by atoms with E-state index in [1.165, 1.54) is 0 Å². The van der Waals surface area contributed by atoms with Gasteiger partial charge in [0, 0.05) is 18.4 Å². The van der Waals surface area contributed by atoms with Crippen molar-refractivity contribution in [3.63, 3.8) is 0 Å². The Morgan fingerprint density at radius 2 is 2.06 bits per heavy atom. The number of carbonyl (C=O) groups excluding carboxylic acids is 1. The molecular weight excluding hydrogens is 212 g/mol. The van der Waals surface area contributed by atoms with E-state index in [4.69, 9.17) is 0 Å². The van der Waals surface area contributed by atoms with Gasteiger partial charge < -0.3 is 5.32 Å². The zero-order valence-corrected chi connectivity index (χ0v) is 11.4. The molecule has 0 aliphatic heterocycles. The van der Waals surface area contributed by atoms with Gasteiger partial charge in [-0.15, -0.1) is 0 Å². The molecule has 0 fully saturated rings. The highest BCUT2D eigenvalue weighted by molar-refractivity contribution is 5.87. The molecule has 1 N–H and O–H groups in total. The highest BCUT2D eigenvalue weighted by Crippen LogP contribution is 2.23. The lowest BCUT2D eigenvalue weighted by Crippen LogP contribution is -2.40. The summed E-state index contributed by atoms with van der Waals surface area (Å²) >= 11 is 0. The quantitative estimate of drug-likeness (QED) is 0.870. The Morgan fingerprint density at radius 1 is 1.41 bits per heavy atom. The fourth-order valence-corrected chi connectivity index (χ4v) is 1.63. The minimum atomic E-state index is -0.529. The first-order valence-corrected chi connectivity index (χ1v) is 6.14. The summed E-state index contributed by atoms with van der Waals surface area (Å²) in [7, 11) is 0. The zero-order chi connectivity index (χ0) is 13.1. The van der Waals surface area contributed by atoms with Crippen molar-refractivity contribution in [2.75, 3.05) is 6.54 Å². The van der Waals surface area contributed by atoms with Crippen LogP contribution in [0.5, 0.6) is 0 Å². The largest absolute Gasteiger partial charge is 0.356 e. The number of hydrogen-bond acceptors (Lipinski definition) is 2.